The van der Waals surface area contributed by atoms with E-state index < -0.39 is 23.6 Å². The van der Waals surface area contributed by atoms with Gasteiger partial charge in [-0.05, 0) is 43.7 Å². The number of carbonyl (C=O) groups excluding carboxylic acids is 1. The number of rotatable bonds is 4. The SMILES string of the molecule is Cc1cc(F)ccc1NC(=O)[C@@H](C)Cn1nc(C(F)(F)F)cc1C. The molecule has 0 saturated heterocycles. The second-order valence-corrected chi connectivity index (χ2v) is 5.70. The minimum atomic E-state index is -4.52. The van der Waals surface area contributed by atoms with E-state index in [4.69, 9.17) is 0 Å². The van der Waals surface area contributed by atoms with Crippen molar-refractivity contribution in [2.75, 3.05) is 5.32 Å². The summed E-state index contributed by atoms with van der Waals surface area (Å²) in [5.74, 6) is -1.41. The van der Waals surface area contributed by atoms with Crippen molar-refractivity contribution in [3.8, 4) is 0 Å². The van der Waals surface area contributed by atoms with Gasteiger partial charge in [0.15, 0.2) is 5.69 Å². The molecule has 2 rings (SSSR count). The number of hydrogen-bond acceptors (Lipinski definition) is 2. The lowest BCUT2D eigenvalue weighted by Gasteiger charge is -2.15. The standard InChI is InChI=1S/C16H17F4N3O/c1-9-6-12(17)4-5-13(9)21-15(24)10(2)8-23-11(3)7-14(22-23)16(18,19)20/h4-7,10H,8H2,1-3H3,(H,21,24)/t10-/m0/s1. The number of benzene rings is 1. The van der Waals surface area contributed by atoms with Gasteiger partial charge in [0, 0.05) is 11.4 Å². The fourth-order valence-electron chi connectivity index (χ4n) is 2.20. The summed E-state index contributed by atoms with van der Waals surface area (Å²) in [7, 11) is 0. The van der Waals surface area contributed by atoms with Crippen molar-refractivity contribution in [1.82, 2.24) is 9.78 Å². The third-order valence-electron chi connectivity index (χ3n) is 3.61. The number of anilines is 1. The van der Waals surface area contributed by atoms with Gasteiger partial charge in [-0.1, -0.05) is 6.92 Å². The summed E-state index contributed by atoms with van der Waals surface area (Å²) in [6, 6.07) is 4.89. The predicted molar refractivity (Wildman–Crippen MR) is 80.9 cm³/mol. The van der Waals surface area contributed by atoms with E-state index in [1.54, 1.807) is 13.8 Å². The molecule has 0 spiro atoms. The summed E-state index contributed by atoms with van der Waals surface area (Å²) in [4.78, 5) is 12.2. The maximum absolute atomic E-state index is 13.1. The fraction of sp³-hybridized carbons (Fsp3) is 0.375. The van der Waals surface area contributed by atoms with Crippen molar-refractivity contribution in [1.29, 1.82) is 0 Å². The van der Waals surface area contributed by atoms with Crippen LogP contribution in [0.1, 0.15) is 23.9 Å². The Bertz CT molecular complexity index is 752. The third-order valence-corrected chi connectivity index (χ3v) is 3.61. The number of amides is 1. The number of aromatic nitrogens is 2. The highest BCUT2D eigenvalue weighted by Gasteiger charge is 2.34. The van der Waals surface area contributed by atoms with Crippen LogP contribution in [0.25, 0.3) is 0 Å². The van der Waals surface area contributed by atoms with Crippen LogP contribution in [0.5, 0.6) is 0 Å². The number of carbonyl (C=O) groups is 1. The Hall–Kier alpha value is -2.38. The van der Waals surface area contributed by atoms with Gasteiger partial charge in [0.2, 0.25) is 5.91 Å². The first-order chi connectivity index (χ1) is 11.1. The molecule has 8 heteroatoms. The molecule has 0 radical (unpaired) electrons. The molecule has 0 aliphatic rings. The maximum Gasteiger partial charge on any atom is 0.435 e. The summed E-state index contributed by atoms with van der Waals surface area (Å²) >= 11 is 0. The van der Waals surface area contributed by atoms with Gasteiger partial charge >= 0.3 is 6.18 Å². The van der Waals surface area contributed by atoms with Gasteiger partial charge in [-0.25, -0.2) is 4.39 Å². The molecule has 0 aliphatic carbocycles. The highest BCUT2D eigenvalue weighted by atomic mass is 19.4. The Kier molecular flexibility index (Phi) is 4.96. The van der Waals surface area contributed by atoms with Crippen LogP contribution in [0.4, 0.5) is 23.2 Å². The van der Waals surface area contributed by atoms with Gasteiger partial charge in [0.1, 0.15) is 5.82 Å². The molecule has 0 bridgehead atoms. The van der Waals surface area contributed by atoms with Gasteiger partial charge in [-0.2, -0.15) is 18.3 Å². The molecule has 1 aromatic carbocycles. The molecule has 1 aromatic heterocycles. The van der Waals surface area contributed by atoms with Crippen LogP contribution in [-0.2, 0) is 17.5 Å². The Balaban J connectivity index is 2.08. The van der Waals surface area contributed by atoms with Crippen LogP contribution in [0.15, 0.2) is 24.3 Å². The summed E-state index contributed by atoms with van der Waals surface area (Å²) in [6.07, 6.45) is -4.52. The molecular formula is C16H17F4N3O. The lowest BCUT2D eigenvalue weighted by molar-refractivity contribution is -0.141. The van der Waals surface area contributed by atoms with Crippen LogP contribution in [-0.4, -0.2) is 15.7 Å². The van der Waals surface area contributed by atoms with Gasteiger partial charge < -0.3 is 5.32 Å². The van der Waals surface area contributed by atoms with Crippen molar-refractivity contribution < 1.29 is 22.4 Å². The molecule has 1 amide bonds. The normalized spacial score (nSPS) is 13.0. The topological polar surface area (TPSA) is 46.9 Å². The molecule has 1 N–H and O–H groups in total. The molecule has 0 unspecified atom stereocenters. The average Bonchev–Trinajstić information content (AvgIpc) is 2.83. The van der Waals surface area contributed by atoms with Crippen molar-refractivity contribution in [3.05, 3.63) is 47.0 Å². The average molecular weight is 343 g/mol. The Labute approximate surface area is 136 Å². The second-order valence-electron chi connectivity index (χ2n) is 5.70. The zero-order valence-corrected chi connectivity index (χ0v) is 13.4. The van der Waals surface area contributed by atoms with E-state index in [-0.39, 0.29) is 12.5 Å². The molecule has 130 valence electrons. The monoisotopic (exact) mass is 343 g/mol. The molecule has 4 nitrogen and oxygen atoms in total. The zero-order valence-electron chi connectivity index (χ0n) is 13.4. The number of nitrogens with zero attached hydrogens (tertiary/aromatic N) is 2. The number of nitrogens with one attached hydrogen (secondary N) is 1. The Morgan fingerprint density at radius 3 is 2.50 bits per heavy atom. The van der Waals surface area contributed by atoms with Crippen molar-refractivity contribution >= 4 is 11.6 Å². The van der Waals surface area contributed by atoms with E-state index in [1.807, 2.05) is 0 Å². The fourth-order valence-corrected chi connectivity index (χ4v) is 2.20. The van der Waals surface area contributed by atoms with E-state index >= 15 is 0 Å². The van der Waals surface area contributed by atoms with Gasteiger partial charge in [0.05, 0.1) is 12.5 Å². The number of alkyl halides is 3. The van der Waals surface area contributed by atoms with Crippen molar-refractivity contribution in [3.63, 3.8) is 0 Å². The van der Waals surface area contributed by atoms with Crippen molar-refractivity contribution in [2.24, 2.45) is 5.92 Å². The van der Waals surface area contributed by atoms with Gasteiger partial charge in [-0.15, -0.1) is 0 Å². The Morgan fingerprint density at radius 2 is 1.96 bits per heavy atom. The summed E-state index contributed by atoms with van der Waals surface area (Å²) < 4.78 is 52.2. The molecule has 24 heavy (non-hydrogen) atoms. The van der Waals surface area contributed by atoms with E-state index in [2.05, 4.69) is 10.4 Å². The molecular weight excluding hydrogens is 326 g/mol. The molecule has 0 saturated carbocycles. The number of hydrogen-bond donors (Lipinski definition) is 1. The van der Waals surface area contributed by atoms with Crippen LogP contribution >= 0.6 is 0 Å². The largest absolute Gasteiger partial charge is 0.435 e. The minimum Gasteiger partial charge on any atom is -0.326 e. The molecule has 0 fully saturated rings. The van der Waals surface area contributed by atoms with E-state index in [0.29, 0.717) is 16.9 Å². The lowest BCUT2D eigenvalue weighted by Crippen LogP contribution is -2.25. The van der Waals surface area contributed by atoms with Crippen molar-refractivity contribution in [2.45, 2.75) is 33.5 Å². The molecule has 2 aromatic rings. The smallest absolute Gasteiger partial charge is 0.326 e. The van der Waals surface area contributed by atoms with Gasteiger partial charge in [-0.3, -0.25) is 9.48 Å². The summed E-state index contributed by atoms with van der Waals surface area (Å²) in [5, 5.41) is 6.15. The third kappa shape index (κ3) is 4.12. The molecule has 1 heterocycles. The van der Waals surface area contributed by atoms with Gasteiger partial charge in [0.25, 0.3) is 0 Å². The number of halogens is 4. The van der Waals surface area contributed by atoms with E-state index in [0.717, 1.165) is 10.7 Å². The quantitative estimate of drug-likeness (QED) is 0.855. The van der Waals surface area contributed by atoms with E-state index in [1.165, 1.54) is 25.1 Å². The van der Waals surface area contributed by atoms with Crippen LogP contribution in [0, 0.1) is 25.6 Å². The minimum absolute atomic E-state index is 0.00793. The summed E-state index contributed by atoms with van der Waals surface area (Å²) in [5.41, 5.74) is 0.355. The second kappa shape index (κ2) is 6.62. The summed E-state index contributed by atoms with van der Waals surface area (Å²) in [6.45, 7) is 4.74. The van der Waals surface area contributed by atoms with E-state index in [9.17, 15) is 22.4 Å². The molecule has 1 atom stereocenters. The highest BCUT2D eigenvalue weighted by molar-refractivity contribution is 5.92. The predicted octanol–water partition coefficient (Wildman–Crippen LogP) is 3.93. The maximum atomic E-state index is 13.1. The number of aryl methyl sites for hydroxylation is 2. The highest BCUT2D eigenvalue weighted by Crippen LogP contribution is 2.28. The first-order valence-corrected chi connectivity index (χ1v) is 7.26. The van der Waals surface area contributed by atoms with Crippen LogP contribution < -0.4 is 5.32 Å². The Morgan fingerprint density at radius 1 is 1.29 bits per heavy atom. The molecule has 0 aliphatic heterocycles. The zero-order chi connectivity index (χ0) is 18.1. The first-order valence-electron chi connectivity index (χ1n) is 7.26. The first kappa shape index (κ1) is 18.0. The van der Waals surface area contributed by atoms with Crippen LogP contribution in [0.3, 0.4) is 0 Å². The lowest BCUT2D eigenvalue weighted by atomic mass is 10.1. The van der Waals surface area contributed by atoms with Crippen LogP contribution in [0.2, 0.25) is 0 Å².